The Hall–Kier alpha value is -4.01. The maximum Gasteiger partial charge on any atom is 0.272 e. The number of carbonyl (C=O) groups excluding carboxylic acids is 1. The topological polar surface area (TPSA) is 105 Å². The Labute approximate surface area is 196 Å². The molecule has 1 aliphatic carbocycles. The van der Waals surface area contributed by atoms with Gasteiger partial charge >= 0.3 is 0 Å². The summed E-state index contributed by atoms with van der Waals surface area (Å²) in [6.07, 6.45) is 5.88. The van der Waals surface area contributed by atoms with Crippen molar-refractivity contribution < 1.29 is 13.9 Å². The van der Waals surface area contributed by atoms with Crippen molar-refractivity contribution in [1.29, 1.82) is 0 Å². The zero-order valence-electron chi connectivity index (χ0n) is 18.8. The van der Waals surface area contributed by atoms with Crippen LogP contribution in [0, 0.1) is 5.82 Å². The van der Waals surface area contributed by atoms with Crippen molar-refractivity contribution in [2.75, 3.05) is 12.4 Å². The molecule has 8 nitrogen and oxygen atoms in total. The first-order valence-electron chi connectivity index (χ1n) is 11.3. The summed E-state index contributed by atoms with van der Waals surface area (Å²) in [5.41, 5.74) is 3.23. The molecule has 0 radical (unpaired) electrons. The van der Waals surface area contributed by atoms with Gasteiger partial charge in [-0.3, -0.25) is 4.79 Å². The van der Waals surface area contributed by atoms with Crippen LogP contribution in [0.2, 0.25) is 0 Å². The van der Waals surface area contributed by atoms with Crippen molar-refractivity contribution in [1.82, 2.24) is 25.3 Å². The minimum Gasteiger partial charge on any atom is -0.497 e. The van der Waals surface area contributed by atoms with Gasteiger partial charge in [-0.2, -0.15) is 0 Å². The number of rotatable bonds is 7. The molecule has 1 aliphatic rings. The first-order valence-corrected chi connectivity index (χ1v) is 11.3. The van der Waals surface area contributed by atoms with Gasteiger partial charge in [0.25, 0.3) is 5.91 Å². The van der Waals surface area contributed by atoms with Crippen molar-refractivity contribution in [2.24, 2.45) is 0 Å². The molecule has 9 heteroatoms. The first-order chi connectivity index (χ1) is 16.6. The molecule has 0 spiro atoms. The maximum atomic E-state index is 14.2. The van der Waals surface area contributed by atoms with Crippen molar-refractivity contribution in [2.45, 2.75) is 38.1 Å². The van der Waals surface area contributed by atoms with Crippen LogP contribution in [0.25, 0.3) is 11.2 Å². The van der Waals surface area contributed by atoms with Gasteiger partial charge < -0.3 is 20.4 Å². The average Bonchev–Trinajstić information content (AvgIpc) is 3.52. The molecule has 4 aromatic rings. The van der Waals surface area contributed by atoms with Gasteiger partial charge in [-0.05, 0) is 60.9 Å². The number of nitrogens with one attached hydrogen (secondary N) is 3. The van der Waals surface area contributed by atoms with Gasteiger partial charge in [0, 0.05) is 23.8 Å². The number of imidazole rings is 1. The predicted octanol–water partition coefficient (Wildman–Crippen LogP) is 4.83. The Morgan fingerprint density at radius 2 is 1.91 bits per heavy atom. The standard InChI is InChI=1S/C25H25FN6O2/c1-34-20-8-6-18(7-9-20)30-19-11-15(10-17(26)12-19)13-27-25(33)22-21-24(29-14-28-22)32-23(31-21)16-4-2-3-5-16/h6-12,14,16,30H,2-5,13H2,1H3,(H,27,33)(H,28,29,31,32). The van der Waals surface area contributed by atoms with E-state index in [2.05, 4.69) is 30.6 Å². The largest absolute Gasteiger partial charge is 0.497 e. The van der Waals surface area contributed by atoms with Crippen LogP contribution in [0.1, 0.15) is 53.5 Å². The van der Waals surface area contributed by atoms with Crippen LogP contribution < -0.4 is 15.4 Å². The van der Waals surface area contributed by atoms with E-state index in [4.69, 9.17) is 4.74 Å². The molecule has 174 valence electrons. The number of anilines is 2. The van der Waals surface area contributed by atoms with E-state index in [1.165, 1.54) is 31.3 Å². The molecule has 34 heavy (non-hydrogen) atoms. The number of benzene rings is 2. The Morgan fingerprint density at radius 3 is 2.68 bits per heavy atom. The molecule has 0 bridgehead atoms. The number of aromatic nitrogens is 4. The first kappa shape index (κ1) is 21.8. The van der Waals surface area contributed by atoms with E-state index in [0.717, 1.165) is 30.1 Å². The third-order valence-corrected chi connectivity index (χ3v) is 6.05. The van der Waals surface area contributed by atoms with E-state index in [9.17, 15) is 9.18 Å². The van der Waals surface area contributed by atoms with Crippen molar-refractivity contribution >= 4 is 28.4 Å². The third kappa shape index (κ3) is 4.68. The molecule has 0 aliphatic heterocycles. The highest BCUT2D eigenvalue weighted by Crippen LogP contribution is 2.33. The van der Waals surface area contributed by atoms with Crippen LogP contribution >= 0.6 is 0 Å². The number of carbonyl (C=O) groups is 1. The predicted molar refractivity (Wildman–Crippen MR) is 127 cm³/mol. The third-order valence-electron chi connectivity index (χ3n) is 6.05. The van der Waals surface area contributed by atoms with Gasteiger partial charge in [0.2, 0.25) is 0 Å². The van der Waals surface area contributed by atoms with E-state index in [1.807, 2.05) is 24.3 Å². The van der Waals surface area contributed by atoms with Crippen LogP contribution in [0.3, 0.4) is 0 Å². The molecular weight excluding hydrogens is 435 g/mol. The summed E-state index contributed by atoms with van der Waals surface area (Å²) in [5, 5.41) is 6.00. The molecule has 2 aromatic carbocycles. The minimum absolute atomic E-state index is 0.142. The molecule has 3 N–H and O–H groups in total. The number of nitrogens with zero attached hydrogens (tertiary/aromatic N) is 3. The molecular formula is C25H25FN6O2. The lowest BCUT2D eigenvalue weighted by Crippen LogP contribution is -2.24. The van der Waals surface area contributed by atoms with E-state index in [1.54, 1.807) is 13.2 Å². The fourth-order valence-electron chi connectivity index (χ4n) is 4.34. The highest BCUT2D eigenvalue weighted by atomic mass is 19.1. The lowest BCUT2D eigenvalue weighted by atomic mass is 10.1. The van der Waals surface area contributed by atoms with Gasteiger partial charge in [0.15, 0.2) is 11.3 Å². The van der Waals surface area contributed by atoms with Crippen LogP contribution in [-0.2, 0) is 6.54 Å². The van der Waals surface area contributed by atoms with Gasteiger partial charge in [-0.25, -0.2) is 19.3 Å². The molecule has 2 aromatic heterocycles. The fraction of sp³-hybridized carbons (Fsp3) is 0.280. The summed E-state index contributed by atoms with van der Waals surface area (Å²) in [6, 6.07) is 11.9. The molecule has 1 amide bonds. The number of amides is 1. The van der Waals surface area contributed by atoms with Crippen molar-refractivity contribution in [3.05, 3.63) is 71.7 Å². The molecule has 5 rings (SSSR count). The van der Waals surface area contributed by atoms with Crippen molar-refractivity contribution in [3.8, 4) is 5.75 Å². The summed E-state index contributed by atoms with van der Waals surface area (Å²) in [6.45, 7) is 0.142. The van der Waals surface area contributed by atoms with Gasteiger partial charge in [0.05, 0.1) is 7.11 Å². The van der Waals surface area contributed by atoms with Gasteiger partial charge in [-0.15, -0.1) is 0 Å². The normalized spacial score (nSPS) is 13.8. The number of H-pyrrole nitrogens is 1. The summed E-state index contributed by atoms with van der Waals surface area (Å²) >= 11 is 0. The Morgan fingerprint density at radius 1 is 1.12 bits per heavy atom. The van der Waals surface area contributed by atoms with Crippen LogP contribution in [0.4, 0.5) is 15.8 Å². The average molecular weight is 461 g/mol. The monoisotopic (exact) mass is 460 g/mol. The number of fused-ring (bicyclic) bond motifs is 1. The zero-order chi connectivity index (χ0) is 23.5. The van der Waals surface area contributed by atoms with E-state index in [0.29, 0.717) is 28.3 Å². The molecule has 1 fully saturated rings. The number of hydrogen-bond donors (Lipinski definition) is 3. The van der Waals surface area contributed by atoms with E-state index < -0.39 is 5.82 Å². The minimum atomic E-state index is -0.401. The second kappa shape index (κ2) is 9.46. The van der Waals surface area contributed by atoms with Gasteiger partial charge in [-0.1, -0.05) is 12.8 Å². The Kier molecular flexibility index (Phi) is 6.07. The summed E-state index contributed by atoms with van der Waals surface area (Å²) in [5.74, 6) is 1.19. The number of ether oxygens (including phenoxy) is 1. The molecule has 0 unspecified atom stereocenters. The highest BCUT2D eigenvalue weighted by Gasteiger charge is 2.23. The van der Waals surface area contributed by atoms with Gasteiger partial charge in [0.1, 0.15) is 29.2 Å². The van der Waals surface area contributed by atoms with E-state index >= 15 is 0 Å². The maximum absolute atomic E-state index is 14.2. The molecule has 0 saturated heterocycles. The second-order valence-electron chi connectivity index (χ2n) is 8.41. The molecule has 0 atom stereocenters. The number of hydrogen-bond acceptors (Lipinski definition) is 6. The van der Waals surface area contributed by atoms with Crippen LogP contribution in [0.15, 0.2) is 48.8 Å². The molecule has 1 saturated carbocycles. The van der Waals surface area contributed by atoms with Crippen LogP contribution in [-0.4, -0.2) is 33.0 Å². The Balaban J connectivity index is 1.30. The number of aromatic amines is 1. The SMILES string of the molecule is COc1ccc(Nc2cc(F)cc(CNC(=O)c3ncnc4nc(C5CCCC5)[nH]c34)c2)cc1. The zero-order valence-corrected chi connectivity index (χ0v) is 18.8. The second-order valence-corrected chi connectivity index (χ2v) is 8.41. The smallest absolute Gasteiger partial charge is 0.272 e. The highest BCUT2D eigenvalue weighted by molar-refractivity contribution is 6.02. The lowest BCUT2D eigenvalue weighted by Gasteiger charge is -2.11. The quantitative estimate of drug-likeness (QED) is 0.365. The fourth-order valence-corrected chi connectivity index (χ4v) is 4.34. The summed E-state index contributed by atoms with van der Waals surface area (Å²) in [4.78, 5) is 29.1. The number of halogens is 1. The Bertz CT molecular complexity index is 1310. The summed E-state index contributed by atoms with van der Waals surface area (Å²) in [7, 11) is 1.60. The summed E-state index contributed by atoms with van der Waals surface area (Å²) < 4.78 is 19.4. The number of methoxy groups -OCH3 is 1. The van der Waals surface area contributed by atoms with Crippen LogP contribution in [0.5, 0.6) is 5.75 Å². The lowest BCUT2D eigenvalue weighted by molar-refractivity contribution is 0.0947. The van der Waals surface area contributed by atoms with Crippen molar-refractivity contribution in [3.63, 3.8) is 0 Å². The molecule has 2 heterocycles. The van der Waals surface area contributed by atoms with E-state index in [-0.39, 0.29) is 18.1 Å².